The van der Waals surface area contributed by atoms with Gasteiger partial charge in [-0.05, 0) is 18.8 Å². The van der Waals surface area contributed by atoms with E-state index >= 15 is 0 Å². The molecule has 3 heteroatoms. The maximum absolute atomic E-state index is 10.3. The van der Waals surface area contributed by atoms with Gasteiger partial charge in [-0.15, -0.1) is 0 Å². The first-order chi connectivity index (χ1) is 4.88. The van der Waals surface area contributed by atoms with Crippen LogP contribution in [0.25, 0.3) is 0 Å². The van der Waals surface area contributed by atoms with Gasteiger partial charge in [-0.2, -0.15) is 5.09 Å². The highest BCUT2D eigenvalue weighted by atomic mass is 31.1. The summed E-state index contributed by atoms with van der Waals surface area (Å²) in [5.74, 6) is 0.793. The van der Waals surface area contributed by atoms with Gasteiger partial charge in [0.25, 0.3) is 0 Å². The molecule has 3 atom stereocenters. The lowest BCUT2D eigenvalue weighted by Crippen LogP contribution is -2.27. The highest BCUT2D eigenvalue weighted by molar-refractivity contribution is 7.26. The van der Waals surface area contributed by atoms with Gasteiger partial charge in [-0.25, -0.2) is 0 Å². The first-order valence-electron chi connectivity index (χ1n) is 4.08. The highest BCUT2D eigenvalue weighted by Gasteiger charge is 2.25. The van der Waals surface area contributed by atoms with Crippen LogP contribution in [0.5, 0.6) is 0 Å². The number of hydrogen-bond donors (Lipinski definition) is 1. The molecule has 0 aromatic rings. The Morgan fingerprint density at radius 1 is 1.60 bits per heavy atom. The van der Waals surface area contributed by atoms with Crippen LogP contribution in [0.3, 0.4) is 0 Å². The molecule has 1 rings (SSSR count). The molecule has 0 amide bonds. The van der Waals surface area contributed by atoms with Crippen LogP contribution in [-0.4, -0.2) is 6.04 Å². The molecular formula is C7H16NOP. The number of rotatable bonds is 3. The summed E-state index contributed by atoms with van der Waals surface area (Å²) in [6, 6.07) is 0.567. The molecule has 10 heavy (non-hydrogen) atoms. The molecule has 1 aliphatic rings. The molecule has 0 spiro atoms. The van der Waals surface area contributed by atoms with Crippen molar-refractivity contribution in [2.45, 2.75) is 38.6 Å². The first-order valence-corrected chi connectivity index (χ1v) is 5.13. The Balaban J connectivity index is 2.27. The summed E-state index contributed by atoms with van der Waals surface area (Å²) in [6.45, 7) is 2.21. The van der Waals surface area contributed by atoms with E-state index < -0.39 is 8.96 Å². The van der Waals surface area contributed by atoms with Gasteiger partial charge in [0.2, 0.25) is 0 Å². The Morgan fingerprint density at radius 2 is 2.40 bits per heavy atom. The summed E-state index contributed by atoms with van der Waals surface area (Å²) < 4.78 is 0. The van der Waals surface area contributed by atoms with Crippen LogP contribution in [0, 0.1) is 5.92 Å². The van der Waals surface area contributed by atoms with Crippen molar-refractivity contribution in [1.82, 2.24) is 5.09 Å². The van der Waals surface area contributed by atoms with Gasteiger partial charge >= 0.3 is 0 Å². The Morgan fingerprint density at radius 3 is 3.00 bits per heavy atom. The molecule has 60 valence electrons. The third-order valence-electron chi connectivity index (χ3n) is 2.47. The van der Waals surface area contributed by atoms with E-state index in [-0.39, 0.29) is 0 Å². The molecule has 1 fully saturated rings. The molecule has 0 aromatic heterocycles. The minimum absolute atomic E-state index is 0.567. The zero-order valence-corrected chi connectivity index (χ0v) is 7.62. The summed E-state index contributed by atoms with van der Waals surface area (Å²) in [5.41, 5.74) is 0. The largest absolute Gasteiger partial charge is 0.669 e. The van der Waals surface area contributed by atoms with E-state index in [1.165, 1.54) is 25.7 Å². The Bertz CT molecular complexity index is 99.6. The lowest BCUT2D eigenvalue weighted by molar-refractivity contribution is -0.153. The molecule has 3 unspecified atom stereocenters. The third kappa shape index (κ3) is 1.91. The lowest BCUT2D eigenvalue weighted by Gasteiger charge is -2.16. The molecule has 1 N–H and O–H groups in total. The van der Waals surface area contributed by atoms with Gasteiger partial charge in [0.05, 0.1) is 0 Å². The predicted octanol–water partition coefficient (Wildman–Crippen LogP) is 0.756. The summed E-state index contributed by atoms with van der Waals surface area (Å²) >= 11 is 0. The van der Waals surface area contributed by atoms with E-state index in [0.717, 1.165) is 5.92 Å². The minimum Gasteiger partial charge on any atom is -0.669 e. The zero-order chi connectivity index (χ0) is 7.40. The van der Waals surface area contributed by atoms with Crippen LogP contribution < -0.4 is 9.98 Å². The van der Waals surface area contributed by atoms with Crippen molar-refractivity contribution in [2.24, 2.45) is 5.92 Å². The van der Waals surface area contributed by atoms with E-state index in [1.807, 2.05) is 0 Å². The smallest absolute Gasteiger partial charge is 0.0434 e. The monoisotopic (exact) mass is 161 g/mol. The van der Waals surface area contributed by atoms with E-state index in [4.69, 9.17) is 0 Å². The zero-order valence-electron chi connectivity index (χ0n) is 6.47. The van der Waals surface area contributed by atoms with Crippen molar-refractivity contribution in [3.05, 3.63) is 0 Å². The fourth-order valence-electron chi connectivity index (χ4n) is 1.83. The molecule has 0 bridgehead atoms. The van der Waals surface area contributed by atoms with Crippen LogP contribution >= 0.6 is 8.96 Å². The Hall–Kier alpha value is 0.350. The van der Waals surface area contributed by atoms with E-state index in [9.17, 15) is 4.89 Å². The Kier molecular flexibility index (Phi) is 3.61. The van der Waals surface area contributed by atoms with Gasteiger partial charge in [0, 0.05) is 15.0 Å². The van der Waals surface area contributed by atoms with Crippen LogP contribution in [0.4, 0.5) is 0 Å². The van der Waals surface area contributed by atoms with Gasteiger partial charge in [0.15, 0.2) is 0 Å². The summed E-state index contributed by atoms with van der Waals surface area (Å²) in [7, 11) is -0.738. The molecule has 0 aromatic carbocycles. The van der Waals surface area contributed by atoms with Crippen molar-refractivity contribution in [3.8, 4) is 0 Å². The summed E-state index contributed by atoms with van der Waals surface area (Å²) in [6.07, 6.45) is 5.11. The SMILES string of the molecule is CCC1CCCC1N[PH2+][O-]. The standard InChI is InChI=1S/C7H16NOP/c1-2-6-4-3-5-7(6)8-10-9/h6-8H,2-5,10H2,1H3. The fourth-order valence-corrected chi connectivity index (χ4v) is 2.45. The maximum atomic E-state index is 10.3. The van der Waals surface area contributed by atoms with Gasteiger partial charge < -0.3 is 4.89 Å². The van der Waals surface area contributed by atoms with Crippen LogP contribution in [0.1, 0.15) is 32.6 Å². The first kappa shape index (κ1) is 8.45. The average molecular weight is 161 g/mol. The van der Waals surface area contributed by atoms with E-state index in [2.05, 4.69) is 12.0 Å². The molecule has 0 heterocycles. The van der Waals surface area contributed by atoms with Crippen molar-refractivity contribution in [2.75, 3.05) is 0 Å². The van der Waals surface area contributed by atoms with E-state index in [0.29, 0.717) is 6.04 Å². The van der Waals surface area contributed by atoms with Crippen LogP contribution in [0.2, 0.25) is 0 Å². The van der Waals surface area contributed by atoms with Gasteiger partial charge in [-0.3, -0.25) is 0 Å². The molecule has 2 nitrogen and oxygen atoms in total. The second kappa shape index (κ2) is 4.27. The summed E-state index contributed by atoms with van der Waals surface area (Å²) in [5, 5.41) is 3.07. The maximum Gasteiger partial charge on any atom is 0.0434 e. The van der Waals surface area contributed by atoms with E-state index in [1.54, 1.807) is 0 Å². The number of nitrogens with one attached hydrogen (secondary N) is 1. The second-order valence-corrected chi connectivity index (χ2v) is 3.56. The minimum atomic E-state index is -0.738. The molecule has 0 aliphatic heterocycles. The molecular weight excluding hydrogens is 145 g/mol. The molecule has 1 aliphatic carbocycles. The third-order valence-corrected chi connectivity index (χ3v) is 3.03. The second-order valence-electron chi connectivity index (χ2n) is 2.99. The molecule has 1 saturated carbocycles. The van der Waals surface area contributed by atoms with Gasteiger partial charge in [-0.1, -0.05) is 19.8 Å². The molecule has 0 saturated heterocycles. The lowest BCUT2D eigenvalue weighted by atomic mass is 10.0. The van der Waals surface area contributed by atoms with Crippen molar-refractivity contribution < 1.29 is 4.89 Å². The molecule has 0 radical (unpaired) electrons. The average Bonchev–Trinajstić information content (AvgIpc) is 2.36. The van der Waals surface area contributed by atoms with Crippen molar-refractivity contribution in [3.63, 3.8) is 0 Å². The fraction of sp³-hybridized carbons (Fsp3) is 1.00. The quantitative estimate of drug-likeness (QED) is 0.620. The summed E-state index contributed by atoms with van der Waals surface area (Å²) in [4.78, 5) is 10.3. The van der Waals surface area contributed by atoms with Crippen LogP contribution in [0.15, 0.2) is 0 Å². The Labute approximate surface area is 64.3 Å². The van der Waals surface area contributed by atoms with Gasteiger partial charge in [0.1, 0.15) is 0 Å². The van der Waals surface area contributed by atoms with Crippen molar-refractivity contribution in [1.29, 1.82) is 0 Å². The highest BCUT2D eigenvalue weighted by Crippen LogP contribution is 2.28. The van der Waals surface area contributed by atoms with Crippen molar-refractivity contribution >= 4 is 8.96 Å². The van der Waals surface area contributed by atoms with Crippen LogP contribution in [-0.2, 0) is 0 Å². The normalized spacial score (nSPS) is 34.2. The topological polar surface area (TPSA) is 35.1 Å². The number of hydrogen-bond acceptors (Lipinski definition) is 2. The predicted molar refractivity (Wildman–Crippen MR) is 44.3 cm³/mol.